The molecule has 2 rings (SSSR count). The van der Waals surface area contributed by atoms with Gasteiger partial charge in [0.05, 0.1) is 0 Å². The van der Waals surface area contributed by atoms with Gasteiger partial charge in [-0.3, -0.25) is 0 Å². The van der Waals surface area contributed by atoms with Gasteiger partial charge < -0.3 is 5.32 Å². The minimum Gasteiger partial charge on any atom is -0.314 e. The van der Waals surface area contributed by atoms with Gasteiger partial charge in [-0.05, 0) is 43.6 Å². The van der Waals surface area contributed by atoms with Crippen LogP contribution in [0.2, 0.25) is 0 Å². The Labute approximate surface area is 101 Å². The van der Waals surface area contributed by atoms with Crippen molar-refractivity contribution in [1.29, 1.82) is 0 Å². The van der Waals surface area contributed by atoms with E-state index in [9.17, 15) is 0 Å². The van der Waals surface area contributed by atoms with Crippen LogP contribution in [0, 0.1) is 17.8 Å². The highest BCUT2D eigenvalue weighted by Crippen LogP contribution is 2.34. The number of hydrogen-bond donors (Lipinski definition) is 1. The van der Waals surface area contributed by atoms with Crippen LogP contribution < -0.4 is 5.32 Å². The summed E-state index contributed by atoms with van der Waals surface area (Å²) in [6.07, 6.45) is 11.9. The molecule has 2 aliphatic rings. The van der Waals surface area contributed by atoms with Crippen molar-refractivity contribution in [2.24, 2.45) is 17.8 Å². The topological polar surface area (TPSA) is 12.0 Å². The van der Waals surface area contributed by atoms with Crippen LogP contribution >= 0.6 is 0 Å². The Morgan fingerprint density at radius 3 is 2.50 bits per heavy atom. The van der Waals surface area contributed by atoms with Crippen LogP contribution in [-0.4, -0.2) is 12.6 Å². The molecule has 1 heterocycles. The summed E-state index contributed by atoms with van der Waals surface area (Å²) >= 11 is 0. The average Bonchev–Trinajstić information content (AvgIpc) is 2.66. The first-order valence-corrected chi connectivity index (χ1v) is 7.49. The zero-order valence-corrected chi connectivity index (χ0v) is 11.2. The first kappa shape index (κ1) is 12.4. The molecule has 1 saturated heterocycles. The molecule has 0 bridgehead atoms. The van der Waals surface area contributed by atoms with Crippen molar-refractivity contribution in [3.63, 3.8) is 0 Å². The Morgan fingerprint density at radius 2 is 1.81 bits per heavy atom. The van der Waals surface area contributed by atoms with Gasteiger partial charge in [-0.15, -0.1) is 0 Å². The van der Waals surface area contributed by atoms with Gasteiger partial charge in [-0.2, -0.15) is 0 Å². The van der Waals surface area contributed by atoms with Gasteiger partial charge in [0.25, 0.3) is 0 Å². The highest BCUT2D eigenvalue weighted by Gasteiger charge is 2.29. The summed E-state index contributed by atoms with van der Waals surface area (Å²) in [4.78, 5) is 0. The van der Waals surface area contributed by atoms with E-state index in [4.69, 9.17) is 0 Å². The van der Waals surface area contributed by atoms with Gasteiger partial charge in [0.15, 0.2) is 0 Å². The standard InChI is InChI=1S/C15H29N/c1-12(2)10-15-14(8-9-16-15)11-13-6-4-3-5-7-13/h12-16H,3-11H2,1-2H3. The number of nitrogens with one attached hydrogen (secondary N) is 1. The molecule has 1 N–H and O–H groups in total. The number of hydrogen-bond acceptors (Lipinski definition) is 1. The largest absolute Gasteiger partial charge is 0.314 e. The van der Waals surface area contributed by atoms with E-state index in [1.807, 2.05) is 0 Å². The van der Waals surface area contributed by atoms with E-state index in [-0.39, 0.29) is 0 Å². The third-order valence-electron chi connectivity index (χ3n) is 4.58. The van der Waals surface area contributed by atoms with Crippen molar-refractivity contribution >= 4 is 0 Å². The van der Waals surface area contributed by atoms with Crippen LogP contribution in [0.25, 0.3) is 0 Å². The predicted molar refractivity (Wildman–Crippen MR) is 70.5 cm³/mol. The van der Waals surface area contributed by atoms with Gasteiger partial charge in [0, 0.05) is 6.04 Å². The molecule has 0 radical (unpaired) electrons. The summed E-state index contributed by atoms with van der Waals surface area (Å²) in [5.74, 6) is 2.91. The summed E-state index contributed by atoms with van der Waals surface area (Å²) in [5.41, 5.74) is 0. The number of rotatable bonds is 4. The Morgan fingerprint density at radius 1 is 1.06 bits per heavy atom. The highest BCUT2D eigenvalue weighted by molar-refractivity contribution is 4.86. The molecule has 1 aliphatic carbocycles. The molecule has 1 saturated carbocycles. The Kier molecular flexibility index (Phi) is 4.69. The van der Waals surface area contributed by atoms with E-state index in [0.29, 0.717) is 0 Å². The SMILES string of the molecule is CC(C)CC1NCCC1CC1CCCCC1. The second-order valence-electron chi connectivity index (χ2n) is 6.48. The molecule has 16 heavy (non-hydrogen) atoms. The minimum absolute atomic E-state index is 0.835. The maximum atomic E-state index is 3.73. The molecule has 0 aromatic heterocycles. The maximum absolute atomic E-state index is 3.73. The van der Waals surface area contributed by atoms with Gasteiger partial charge in [-0.1, -0.05) is 46.0 Å². The molecule has 2 fully saturated rings. The molecule has 0 aromatic rings. The smallest absolute Gasteiger partial charge is 0.00983 e. The Bertz CT molecular complexity index is 194. The first-order valence-electron chi connectivity index (χ1n) is 7.49. The van der Waals surface area contributed by atoms with Crippen LogP contribution in [0.3, 0.4) is 0 Å². The minimum atomic E-state index is 0.835. The Hall–Kier alpha value is -0.0400. The molecule has 0 spiro atoms. The average molecular weight is 223 g/mol. The van der Waals surface area contributed by atoms with Gasteiger partial charge >= 0.3 is 0 Å². The molecule has 2 unspecified atom stereocenters. The summed E-state index contributed by atoms with van der Waals surface area (Å²) in [7, 11) is 0. The summed E-state index contributed by atoms with van der Waals surface area (Å²) < 4.78 is 0. The quantitative estimate of drug-likeness (QED) is 0.760. The zero-order valence-electron chi connectivity index (χ0n) is 11.2. The maximum Gasteiger partial charge on any atom is 0.00983 e. The van der Waals surface area contributed by atoms with Crippen LogP contribution in [0.15, 0.2) is 0 Å². The molecular weight excluding hydrogens is 194 g/mol. The van der Waals surface area contributed by atoms with Crippen molar-refractivity contribution in [3.8, 4) is 0 Å². The second kappa shape index (κ2) is 6.05. The molecule has 0 aromatic carbocycles. The van der Waals surface area contributed by atoms with Gasteiger partial charge in [-0.25, -0.2) is 0 Å². The summed E-state index contributed by atoms with van der Waals surface area (Å²) in [6, 6.07) is 0.835. The lowest BCUT2D eigenvalue weighted by Crippen LogP contribution is -2.29. The molecule has 1 nitrogen and oxygen atoms in total. The highest BCUT2D eigenvalue weighted by atomic mass is 14.9. The first-order chi connectivity index (χ1) is 7.75. The monoisotopic (exact) mass is 223 g/mol. The predicted octanol–water partition coefficient (Wildman–Crippen LogP) is 3.98. The van der Waals surface area contributed by atoms with Crippen molar-refractivity contribution in [2.75, 3.05) is 6.54 Å². The molecule has 1 aliphatic heterocycles. The molecule has 94 valence electrons. The van der Waals surface area contributed by atoms with Crippen LogP contribution in [-0.2, 0) is 0 Å². The lowest BCUT2D eigenvalue weighted by atomic mass is 9.79. The van der Waals surface area contributed by atoms with Crippen LogP contribution in [0.1, 0.15) is 65.2 Å². The summed E-state index contributed by atoms with van der Waals surface area (Å²) in [6.45, 7) is 5.99. The van der Waals surface area contributed by atoms with Crippen LogP contribution in [0.4, 0.5) is 0 Å². The van der Waals surface area contributed by atoms with E-state index in [1.165, 1.54) is 57.9 Å². The van der Waals surface area contributed by atoms with E-state index in [1.54, 1.807) is 0 Å². The lowest BCUT2D eigenvalue weighted by molar-refractivity contribution is 0.259. The van der Waals surface area contributed by atoms with Crippen LogP contribution in [0.5, 0.6) is 0 Å². The molecule has 1 heteroatoms. The van der Waals surface area contributed by atoms with Gasteiger partial charge in [0.1, 0.15) is 0 Å². The normalized spacial score (nSPS) is 32.4. The van der Waals surface area contributed by atoms with Gasteiger partial charge in [0.2, 0.25) is 0 Å². The zero-order chi connectivity index (χ0) is 11.4. The molecule has 2 atom stereocenters. The van der Waals surface area contributed by atoms with Crippen molar-refractivity contribution in [2.45, 2.75) is 71.3 Å². The Balaban J connectivity index is 1.78. The fraction of sp³-hybridized carbons (Fsp3) is 1.00. The van der Waals surface area contributed by atoms with Crippen molar-refractivity contribution in [3.05, 3.63) is 0 Å². The van der Waals surface area contributed by atoms with E-state index in [0.717, 1.165) is 23.8 Å². The third kappa shape index (κ3) is 3.48. The fourth-order valence-corrected chi connectivity index (χ4v) is 3.74. The van der Waals surface area contributed by atoms with Crippen molar-refractivity contribution in [1.82, 2.24) is 5.32 Å². The summed E-state index contributed by atoms with van der Waals surface area (Å²) in [5, 5.41) is 3.73. The second-order valence-corrected chi connectivity index (χ2v) is 6.48. The molecule has 0 amide bonds. The fourth-order valence-electron chi connectivity index (χ4n) is 3.74. The van der Waals surface area contributed by atoms with E-state index < -0.39 is 0 Å². The third-order valence-corrected chi connectivity index (χ3v) is 4.58. The van der Waals surface area contributed by atoms with E-state index in [2.05, 4.69) is 19.2 Å². The lowest BCUT2D eigenvalue weighted by Gasteiger charge is -2.28. The molecular formula is C15H29N. The van der Waals surface area contributed by atoms with E-state index >= 15 is 0 Å². The van der Waals surface area contributed by atoms with Crippen molar-refractivity contribution < 1.29 is 0 Å².